The van der Waals surface area contributed by atoms with E-state index in [9.17, 15) is 9.50 Å². The van der Waals surface area contributed by atoms with Crippen LogP contribution in [0, 0.1) is 5.95 Å². The van der Waals surface area contributed by atoms with Crippen LogP contribution >= 0.6 is 0 Å². The molecule has 1 aromatic rings. The van der Waals surface area contributed by atoms with E-state index in [0.29, 0.717) is 5.56 Å². The predicted molar refractivity (Wildman–Crippen MR) is 65.8 cm³/mol. The van der Waals surface area contributed by atoms with Crippen LogP contribution in [0.3, 0.4) is 0 Å². The van der Waals surface area contributed by atoms with Gasteiger partial charge in [0.05, 0.1) is 17.8 Å². The molecule has 1 aromatic heterocycles. The van der Waals surface area contributed by atoms with E-state index < -0.39 is 24.3 Å². The number of hydrogen-bond donors (Lipinski definition) is 1. The van der Waals surface area contributed by atoms with Crippen LogP contribution < -0.4 is 5.46 Å². The maximum atomic E-state index is 13.8. The maximum absolute atomic E-state index is 13.8. The van der Waals surface area contributed by atoms with Crippen LogP contribution in [0.15, 0.2) is 12.3 Å². The number of nitrogens with zero attached hydrogens (tertiary/aromatic N) is 1. The first kappa shape index (κ1) is 13.5. The molecule has 1 fully saturated rings. The quantitative estimate of drug-likeness (QED) is 0.631. The fourth-order valence-electron chi connectivity index (χ4n) is 1.83. The lowest BCUT2D eigenvalue weighted by atomic mass is 9.77. The van der Waals surface area contributed by atoms with E-state index in [4.69, 9.17) is 9.31 Å². The lowest BCUT2D eigenvalue weighted by Crippen LogP contribution is -2.41. The number of rotatable bonds is 2. The van der Waals surface area contributed by atoms with E-state index in [-0.39, 0.29) is 12.1 Å². The van der Waals surface area contributed by atoms with Gasteiger partial charge in [0.15, 0.2) is 0 Å². The smallest absolute Gasteiger partial charge is 0.399 e. The van der Waals surface area contributed by atoms with E-state index in [2.05, 4.69) is 4.98 Å². The van der Waals surface area contributed by atoms with Crippen LogP contribution in [0.25, 0.3) is 0 Å². The second-order valence-corrected chi connectivity index (χ2v) is 5.42. The molecule has 1 aliphatic rings. The monoisotopic (exact) mass is 253 g/mol. The Bertz CT molecular complexity index is 449. The van der Waals surface area contributed by atoms with Crippen molar-refractivity contribution in [1.82, 2.24) is 4.98 Å². The van der Waals surface area contributed by atoms with Crippen molar-refractivity contribution in [3.05, 3.63) is 23.8 Å². The van der Waals surface area contributed by atoms with Crippen molar-refractivity contribution in [2.45, 2.75) is 45.5 Å². The van der Waals surface area contributed by atoms with Crippen molar-refractivity contribution in [3.63, 3.8) is 0 Å². The molecule has 0 bridgehead atoms. The van der Waals surface area contributed by atoms with Crippen molar-refractivity contribution < 1.29 is 18.8 Å². The molecule has 98 valence electrons. The number of aromatic nitrogens is 1. The molecule has 0 saturated carbocycles. The summed E-state index contributed by atoms with van der Waals surface area (Å²) in [7, 11) is -0.842. The zero-order chi connectivity index (χ0) is 13.6. The van der Waals surface area contributed by atoms with Gasteiger partial charge in [-0.2, -0.15) is 4.39 Å². The van der Waals surface area contributed by atoms with Crippen LogP contribution in [-0.4, -0.2) is 28.4 Å². The van der Waals surface area contributed by atoms with Gasteiger partial charge in [-0.15, -0.1) is 0 Å². The van der Waals surface area contributed by atoms with Crippen molar-refractivity contribution in [1.29, 1.82) is 0 Å². The molecule has 18 heavy (non-hydrogen) atoms. The van der Waals surface area contributed by atoms with Gasteiger partial charge in [0.25, 0.3) is 0 Å². The fraction of sp³-hybridized carbons (Fsp3) is 0.583. The second-order valence-electron chi connectivity index (χ2n) is 5.42. The molecule has 1 saturated heterocycles. The molecule has 4 nitrogen and oxygen atoms in total. The number of aliphatic hydroxyl groups excluding tert-OH is 1. The van der Waals surface area contributed by atoms with E-state index in [1.165, 1.54) is 6.20 Å². The Morgan fingerprint density at radius 2 is 1.83 bits per heavy atom. The predicted octanol–water partition coefficient (Wildman–Crippen LogP) is 1.01. The highest BCUT2D eigenvalue weighted by Gasteiger charge is 2.53. The van der Waals surface area contributed by atoms with Gasteiger partial charge in [-0.3, -0.25) is 0 Å². The third kappa shape index (κ3) is 2.04. The van der Waals surface area contributed by atoms with Crippen LogP contribution in [-0.2, 0) is 15.9 Å². The number of halogens is 1. The highest BCUT2D eigenvalue weighted by Crippen LogP contribution is 2.36. The van der Waals surface area contributed by atoms with Crippen LogP contribution in [0.5, 0.6) is 0 Å². The van der Waals surface area contributed by atoms with Crippen molar-refractivity contribution in [2.75, 3.05) is 0 Å². The first-order valence-electron chi connectivity index (χ1n) is 5.88. The number of hydrogen-bond acceptors (Lipinski definition) is 4. The van der Waals surface area contributed by atoms with Gasteiger partial charge in [0.2, 0.25) is 5.95 Å². The maximum Gasteiger partial charge on any atom is 0.499 e. The van der Waals surface area contributed by atoms with Gasteiger partial charge in [0.1, 0.15) is 0 Å². The summed E-state index contributed by atoms with van der Waals surface area (Å²) >= 11 is 0. The Hall–Kier alpha value is -0.975. The minimum absolute atomic E-state index is 0.179. The van der Waals surface area contributed by atoms with E-state index >= 15 is 0 Å². The summed E-state index contributed by atoms with van der Waals surface area (Å²) in [6.45, 7) is 7.28. The molecule has 1 aliphatic heterocycles. The molecule has 0 radical (unpaired) electrons. The zero-order valence-electron chi connectivity index (χ0n) is 11.0. The van der Waals surface area contributed by atoms with Gasteiger partial charge >= 0.3 is 7.12 Å². The molecular formula is C12H17BFNO3. The molecule has 1 N–H and O–H groups in total. The van der Waals surface area contributed by atoms with E-state index in [1.807, 2.05) is 27.7 Å². The Kier molecular flexibility index (Phi) is 3.21. The normalized spacial score (nSPS) is 21.3. The SMILES string of the molecule is CC1(C)OB(c2c(CO)ccnc2F)OC1(C)C. The van der Waals surface area contributed by atoms with Crippen molar-refractivity contribution in [3.8, 4) is 0 Å². The number of aliphatic hydroxyl groups is 1. The molecule has 0 atom stereocenters. The largest absolute Gasteiger partial charge is 0.499 e. The minimum Gasteiger partial charge on any atom is -0.399 e. The molecule has 6 heteroatoms. The van der Waals surface area contributed by atoms with Gasteiger partial charge in [-0.25, -0.2) is 4.98 Å². The molecule has 0 unspecified atom stereocenters. The van der Waals surface area contributed by atoms with Gasteiger partial charge in [-0.05, 0) is 39.3 Å². The standard InChI is InChI=1S/C12H17BFNO3/c1-11(2)12(3,4)18-13(17-11)9-8(7-16)5-6-15-10(9)14/h5-6,16H,7H2,1-4H3. The van der Waals surface area contributed by atoms with Gasteiger partial charge < -0.3 is 14.4 Å². The highest BCUT2D eigenvalue weighted by molar-refractivity contribution is 6.62. The minimum atomic E-state index is -0.842. The Labute approximate surface area is 106 Å². The lowest BCUT2D eigenvalue weighted by Gasteiger charge is -2.32. The van der Waals surface area contributed by atoms with E-state index in [1.54, 1.807) is 6.07 Å². The third-order valence-electron chi connectivity index (χ3n) is 3.69. The molecule has 2 heterocycles. The summed E-state index contributed by atoms with van der Waals surface area (Å²) < 4.78 is 25.3. The van der Waals surface area contributed by atoms with E-state index in [0.717, 1.165) is 0 Å². The lowest BCUT2D eigenvalue weighted by molar-refractivity contribution is 0.00578. The molecule has 0 aromatic carbocycles. The van der Waals surface area contributed by atoms with Gasteiger partial charge in [-0.1, -0.05) is 0 Å². The fourth-order valence-corrected chi connectivity index (χ4v) is 1.83. The molecular weight excluding hydrogens is 236 g/mol. The topological polar surface area (TPSA) is 51.6 Å². The van der Waals surface area contributed by atoms with Crippen molar-refractivity contribution in [2.24, 2.45) is 0 Å². The van der Waals surface area contributed by atoms with Crippen LogP contribution in [0.1, 0.15) is 33.3 Å². The Morgan fingerprint density at radius 3 is 2.33 bits per heavy atom. The molecule has 2 rings (SSSR count). The summed E-state index contributed by atoms with van der Waals surface area (Å²) in [5, 5.41) is 9.26. The Balaban J connectivity index is 2.41. The number of pyridine rings is 1. The second kappa shape index (κ2) is 4.29. The molecule has 0 spiro atoms. The third-order valence-corrected chi connectivity index (χ3v) is 3.69. The van der Waals surface area contributed by atoms with Crippen LogP contribution in [0.2, 0.25) is 0 Å². The summed E-state index contributed by atoms with van der Waals surface area (Å²) in [5.74, 6) is -0.667. The van der Waals surface area contributed by atoms with Crippen molar-refractivity contribution >= 4 is 12.6 Å². The molecule has 0 amide bonds. The summed E-state index contributed by atoms with van der Waals surface area (Å²) in [6.07, 6.45) is 1.32. The summed E-state index contributed by atoms with van der Waals surface area (Å²) in [5.41, 5.74) is -0.487. The Morgan fingerprint density at radius 1 is 1.28 bits per heavy atom. The highest BCUT2D eigenvalue weighted by atomic mass is 19.1. The summed E-state index contributed by atoms with van der Waals surface area (Å²) in [6, 6.07) is 1.56. The average molecular weight is 253 g/mol. The summed E-state index contributed by atoms with van der Waals surface area (Å²) in [4.78, 5) is 3.59. The van der Waals surface area contributed by atoms with Gasteiger partial charge in [0, 0.05) is 11.7 Å². The zero-order valence-corrected chi connectivity index (χ0v) is 11.0. The molecule has 0 aliphatic carbocycles. The first-order valence-corrected chi connectivity index (χ1v) is 5.88. The average Bonchev–Trinajstić information content (AvgIpc) is 2.47. The first-order chi connectivity index (χ1) is 8.28. The van der Waals surface area contributed by atoms with Crippen LogP contribution in [0.4, 0.5) is 4.39 Å².